The van der Waals surface area contributed by atoms with Gasteiger partial charge in [-0.1, -0.05) is 18.3 Å². The molecule has 0 aromatic carbocycles. The molecule has 2 aromatic heterocycles. The highest BCUT2D eigenvalue weighted by Crippen LogP contribution is 2.19. The minimum Gasteiger partial charge on any atom is -0.389 e. The van der Waals surface area contributed by atoms with E-state index >= 15 is 0 Å². The lowest BCUT2D eigenvalue weighted by atomic mass is 10.2. The summed E-state index contributed by atoms with van der Waals surface area (Å²) in [5.41, 5.74) is 8.59. The summed E-state index contributed by atoms with van der Waals surface area (Å²) in [6, 6.07) is 9.76. The van der Waals surface area contributed by atoms with Gasteiger partial charge in [0.1, 0.15) is 10.8 Å². The van der Waals surface area contributed by atoms with Gasteiger partial charge in [0.2, 0.25) is 0 Å². The van der Waals surface area contributed by atoms with E-state index in [2.05, 4.69) is 21.8 Å². The zero-order chi connectivity index (χ0) is 14.5. The highest BCUT2D eigenvalue weighted by molar-refractivity contribution is 7.80. The van der Waals surface area contributed by atoms with Crippen LogP contribution < -0.4 is 10.6 Å². The Kier molecular flexibility index (Phi) is 4.63. The van der Waals surface area contributed by atoms with Crippen molar-refractivity contribution in [3.63, 3.8) is 0 Å². The normalized spacial score (nSPS) is 10.3. The Bertz CT molecular complexity index is 612. The Morgan fingerprint density at radius 3 is 2.75 bits per heavy atom. The Morgan fingerprint density at radius 2 is 2.10 bits per heavy atom. The number of aryl methyl sites for hydroxylation is 1. The van der Waals surface area contributed by atoms with Gasteiger partial charge in [0.25, 0.3) is 0 Å². The quantitative estimate of drug-likeness (QED) is 0.856. The molecule has 0 aliphatic heterocycles. The van der Waals surface area contributed by atoms with Crippen molar-refractivity contribution in [3.8, 4) is 0 Å². The minimum atomic E-state index is 0.365. The molecular formula is C15H18N4S. The summed E-state index contributed by atoms with van der Waals surface area (Å²) in [6.45, 7) is 5.56. The van der Waals surface area contributed by atoms with Gasteiger partial charge >= 0.3 is 0 Å². The fourth-order valence-corrected chi connectivity index (χ4v) is 2.22. The van der Waals surface area contributed by atoms with Gasteiger partial charge in [-0.25, -0.2) is 4.98 Å². The number of hydrogen-bond donors (Lipinski definition) is 1. The van der Waals surface area contributed by atoms with E-state index in [0.29, 0.717) is 11.5 Å². The monoisotopic (exact) mass is 286 g/mol. The molecule has 0 bridgehead atoms. The second kappa shape index (κ2) is 6.43. The van der Waals surface area contributed by atoms with Crippen molar-refractivity contribution >= 4 is 23.0 Å². The maximum atomic E-state index is 5.77. The predicted octanol–water partition coefficient (Wildman–Crippen LogP) is 2.45. The zero-order valence-corrected chi connectivity index (χ0v) is 12.5. The summed E-state index contributed by atoms with van der Waals surface area (Å²) in [6.07, 6.45) is 1.75. The van der Waals surface area contributed by atoms with E-state index in [1.807, 2.05) is 37.3 Å². The molecule has 104 valence electrons. The van der Waals surface area contributed by atoms with Crippen molar-refractivity contribution in [1.29, 1.82) is 0 Å². The van der Waals surface area contributed by atoms with Gasteiger partial charge in [-0.05, 0) is 38.1 Å². The molecule has 0 saturated heterocycles. The van der Waals surface area contributed by atoms with Crippen LogP contribution in [-0.2, 0) is 6.54 Å². The number of thiocarbonyl (C=S) groups is 1. The van der Waals surface area contributed by atoms with Crippen LogP contribution in [0.1, 0.15) is 23.9 Å². The van der Waals surface area contributed by atoms with Gasteiger partial charge in [-0.3, -0.25) is 4.98 Å². The van der Waals surface area contributed by atoms with Gasteiger partial charge < -0.3 is 10.6 Å². The Labute approximate surface area is 124 Å². The molecule has 0 spiro atoms. The number of nitrogens with two attached hydrogens (primary N) is 1. The molecule has 4 nitrogen and oxygen atoms in total. The maximum absolute atomic E-state index is 5.77. The van der Waals surface area contributed by atoms with Crippen molar-refractivity contribution in [1.82, 2.24) is 9.97 Å². The molecule has 0 amide bonds. The predicted molar refractivity (Wildman–Crippen MR) is 85.8 cm³/mol. The molecular weight excluding hydrogens is 268 g/mol. The molecule has 2 aromatic rings. The molecule has 2 rings (SSSR count). The van der Waals surface area contributed by atoms with E-state index in [-0.39, 0.29) is 0 Å². The van der Waals surface area contributed by atoms with Crippen LogP contribution >= 0.6 is 12.2 Å². The van der Waals surface area contributed by atoms with E-state index in [9.17, 15) is 0 Å². The van der Waals surface area contributed by atoms with E-state index in [1.165, 1.54) is 0 Å². The van der Waals surface area contributed by atoms with Crippen LogP contribution in [0.5, 0.6) is 0 Å². The topological polar surface area (TPSA) is 55.0 Å². The van der Waals surface area contributed by atoms with Gasteiger partial charge in [0.05, 0.1) is 17.8 Å². The number of rotatable bonds is 5. The van der Waals surface area contributed by atoms with Gasteiger partial charge in [-0.2, -0.15) is 0 Å². The summed E-state index contributed by atoms with van der Waals surface area (Å²) in [4.78, 5) is 11.4. The van der Waals surface area contributed by atoms with E-state index in [1.54, 1.807) is 6.20 Å². The molecule has 0 unspecified atom stereocenters. The molecule has 0 aliphatic rings. The largest absolute Gasteiger partial charge is 0.389 e. The first kappa shape index (κ1) is 14.4. The third-order valence-corrected chi connectivity index (χ3v) is 3.25. The van der Waals surface area contributed by atoms with Crippen molar-refractivity contribution in [2.45, 2.75) is 20.4 Å². The zero-order valence-electron chi connectivity index (χ0n) is 11.7. The van der Waals surface area contributed by atoms with Crippen molar-refractivity contribution in [2.75, 3.05) is 11.4 Å². The smallest absolute Gasteiger partial charge is 0.139 e. The van der Waals surface area contributed by atoms with E-state index in [0.717, 1.165) is 29.3 Å². The first-order valence-corrected chi connectivity index (χ1v) is 6.95. The Hall–Kier alpha value is -2.01. The number of aromatic nitrogens is 2. The summed E-state index contributed by atoms with van der Waals surface area (Å²) in [5.74, 6) is 0.811. The number of pyridine rings is 2. The van der Waals surface area contributed by atoms with Gasteiger partial charge in [0.15, 0.2) is 0 Å². The highest BCUT2D eigenvalue weighted by Gasteiger charge is 2.13. The lowest BCUT2D eigenvalue weighted by molar-refractivity contribution is 0.789. The molecule has 0 fully saturated rings. The van der Waals surface area contributed by atoms with Crippen LogP contribution in [0.4, 0.5) is 5.82 Å². The van der Waals surface area contributed by atoms with E-state index in [4.69, 9.17) is 18.0 Å². The maximum Gasteiger partial charge on any atom is 0.139 e. The number of nitrogens with zero attached hydrogens (tertiary/aromatic N) is 3. The van der Waals surface area contributed by atoms with Crippen LogP contribution in [0.3, 0.4) is 0 Å². The van der Waals surface area contributed by atoms with Crippen LogP contribution in [0.25, 0.3) is 0 Å². The number of anilines is 1. The third-order valence-electron chi connectivity index (χ3n) is 3.03. The second-order valence-corrected chi connectivity index (χ2v) is 4.96. The van der Waals surface area contributed by atoms with Crippen molar-refractivity contribution in [2.24, 2.45) is 5.73 Å². The number of hydrogen-bond acceptors (Lipinski definition) is 4. The minimum absolute atomic E-state index is 0.365. The molecule has 2 heterocycles. The fraction of sp³-hybridized carbons (Fsp3) is 0.267. The summed E-state index contributed by atoms with van der Waals surface area (Å²) in [7, 11) is 0. The average molecular weight is 286 g/mol. The molecule has 0 atom stereocenters. The fourth-order valence-electron chi connectivity index (χ4n) is 2.06. The van der Waals surface area contributed by atoms with Crippen LogP contribution in [0.15, 0.2) is 36.5 Å². The van der Waals surface area contributed by atoms with Crippen LogP contribution in [0, 0.1) is 6.92 Å². The lowest BCUT2D eigenvalue weighted by Gasteiger charge is -2.23. The summed E-state index contributed by atoms with van der Waals surface area (Å²) < 4.78 is 0. The van der Waals surface area contributed by atoms with Crippen LogP contribution in [-0.4, -0.2) is 21.5 Å². The Morgan fingerprint density at radius 1 is 1.30 bits per heavy atom. The van der Waals surface area contributed by atoms with Crippen LogP contribution in [0.2, 0.25) is 0 Å². The highest BCUT2D eigenvalue weighted by atomic mass is 32.1. The summed E-state index contributed by atoms with van der Waals surface area (Å²) in [5, 5.41) is 0. The molecule has 0 aliphatic carbocycles. The molecule has 0 saturated carbocycles. The SMILES string of the molecule is CCN(Cc1cccc(C)n1)c1ncccc1C(N)=S. The molecule has 0 radical (unpaired) electrons. The first-order chi connectivity index (χ1) is 9.61. The Balaban J connectivity index is 2.31. The van der Waals surface area contributed by atoms with Gasteiger partial charge in [0, 0.05) is 18.4 Å². The average Bonchev–Trinajstić information content (AvgIpc) is 2.45. The standard InChI is InChI=1S/C15H18N4S/c1-3-19(10-12-7-4-6-11(2)18-12)15-13(14(16)20)8-5-9-17-15/h4-9H,3,10H2,1-2H3,(H2,16,20). The van der Waals surface area contributed by atoms with Crippen molar-refractivity contribution < 1.29 is 0 Å². The summed E-state index contributed by atoms with van der Waals surface area (Å²) >= 11 is 5.10. The van der Waals surface area contributed by atoms with E-state index < -0.39 is 0 Å². The molecule has 5 heteroatoms. The molecule has 20 heavy (non-hydrogen) atoms. The molecule has 2 N–H and O–H groups in total. The lowest BCUT2D eigenvalue weighted by Crippen LogP contribution is -2.27. The third kappa shape index (κ3) is 3.30. The first-order valence-electron chi connectivity index (χ1n) is 6.54. The van der Waals surface area contributed by atoms with Gasteiger partial charge in [-0.15, -0.1) is 0 Å². The van der Waals surface area contributed by atoms with Crippen molar-refractivity contribution in [3.05, 3.63) is 53.5 Å². The second-order valence-electron chi connectivity index (χ2n) is 4.52.